The molecule has 1 saturated heterocycles. The van der Waals surface area contributed by atoms with E-state index < -0.39 is 0 Å². The number of ether oxygens (including phenoxy) is 3. The fourth-order valence-electron chi connectivity index (χ4n) is 4.71. The third kappa shape index (κ3) is 3.57. The zero-order valence-corrected chi connectivity index (χ0v) is 15.6. The fourth-order valence-corrected chi connectivity index (χ4v) is 4.71. The molecule has 2 saturated carbocycles. The van der Waals surface area contributed by atoms with Crippen LogP contribution in [0.4, 0.5) is 0 Å². The molecule has 0 spiro atoms. The van der Waals surface area contributed by atoms with E-state index in [-0.39, 0.29) is 5.60 Å². The summed E-state index contributed by atoms with van der Waals surface area (Å²) in [5, 5.41) is 0. The van der Waals surface area contributed by atoms with Crippen LogP contribution in [0.3, 0.4) is 0 Å². The molecule has 0 amide bonds. The maximum absolute atomic E-state index is 6.24. The van der Waals surface area contributed by atoms with Crippen LogP contribution in [-0.2, 0) is 16.0 Å². The molecule has 0 N–H and O–H groups in total. The van der Waals surface area contributed by atoms with Crippen molar-refractivity contribution in [1.82, 2.24) is 4.90 Å². The zero-order chi connectivity index (χ0) is 17.3. The van der Waals surface area contributed by atoms with Gasteiger partial charge in [0.1, 0.15) is 5.75 Å². The maximum atomic E-state index is 6.24. The minimum Gasteiger partial charge on any atom is -0.496 e. The van der Waals surface area contributed by atoms with Crippen LogP contribution in [0, 0.1) is 5.92 Å². The van der Waals surface area contributed by atoms with Crippen LogP contribution < -0.4 is 4.74 Å². The van der Waals surface area contributed by atoms with E-state index in [1.807, 2.05) is 13.2 Å². The van der Waals surface area contributed by atoms with Gasteiger partial charge >= 0.3 is 0 Å². The van der Waals surface area contributed by atoms with E-state index in [0.29, 0.717) is 12.1 Å². The largest absolute Gasteiger partial charge is 0.496 e. The van der Waals surface area contributed by atoms with E-state index in [9.17, 15) is 0 Å². The van der Waals surface area contributed by atoms with Crippen molar-refractivity contribution >= 4 is 0 Å². The van der Waals surface area contributed by atoms with E-state index in [4.69, 9.17) is 14.2 Å². The van der Waals surface area contributed by atoms with Crippen molar-refractivity contribution in [3.8, 4) is 5.75 Å². The molecule has 1 aliphatic heterocycles. The monoisotopic (exact) mass is 345 g/mol. The van der Waals surface area contributed by atoms with Gasteiger partial charge in [-0.3, -0.25) is 4.90 Å². The van der Waals surface area contributed by atoms with Crippen LogP contribution in [0.2, 0.25) is 0 Å². The van der Waals surface area contributed by atoms with Crippen molar-refractivity contribution in [3.05, 3.63) is 29.8 Å². The average Bonchev–Trinajstić information content (AvgIpc) is 3.42. The first-order valence-electron chi connectivity index (χ1n) is 9.77. The molecule has 0 radical (unpaired) electrons. The highest BCUT2D eigenvalue weighted by Crippen LogP contribution is 2.44. The molecule has 3 fully saturated rings. The molecule has 1 aromatic carbocycles. The van der Waals surface area contributed by atoms with Gasteiger partial charge in [-0.05, 0) is 50.5 Å². The van der Waals surface area contributed by atoms with Crippen LogP contribution >= 0.6 is 0 Å². The Hall–Kier alpha value is -1.10. The lowest BCUT2D eigenvalue weighted by molar-refractivity contribution is -0.103. The highest BCUT2D eigenvalue weighted by molar-refractivity contribution is 5.33. The van der Waals surface area contributed by atoms with Crippen LogP contribution in [0.15, 0.2) is 24.3 Å². The van der Waals surface area contributed by atoms with E-state index in [2.05, 4.69) is 23.1 Å². The Bertz CT molecular complexity index is 588. The Morgan fingerprint density at radius 1 is 1.12 bits per heavy atom. The second-order valence-electron chi connectivity index (χ2n) is 7.99. The van der Waals surface area contributed by atoms with Gasteiger partial charge in [0.2, 0.25) is 0 Å². The molecule has 2 aliphatic carbocycles. The Morgan fingerprint density at radius 2 is 1.96 bits per heavy atom. The molecule has 4 rings (SSSR count). The first-order valence-corrected chi connectivity index (χ1v) is 9.77. The highest BCUT2D eigenvalue weighted by atomic mass is 16.5. The topological polar surface area (TPSA) is 30.9 Å². The van der Waals surface area contributed by atoms with E-state index in [0.717, 1.165) is 57.0 Å². The minimum absolute atomic E-state index is 0.0153. The molecule has 4 heteroatoms. The third-order valence-electron chi connectivity index (χ3n) is 6.48. The van der Waals surface area contributed by atoms with Gasteiger partial charge in [-0.25, -0.2) is 0 Å². The number of nitrogens with zero attached hydrogens (tertiary/aromatic N) is 1. The summed E-state index contributed by atoms with van der Waals surface area (Å²) in [4.78, 5) is 2.59. The summed E-state index contributed by atoms with van der Waals surface area (Å²) in [6.07, 6.45) is 7.59. The maximum Gasteiger partial charge on any atom is 0.123 e. The van der Waals surface area contributed by atoms with Gasteiger partial charge in [0, 0.05) is 38.4 Å². The van der Waals surface area contributed by atoms with Crippen molar-refractivity contribution in [2.45, 2.75) is 62.8 Å². The van der Waals surface area contributed by atoms with Crippen LogP contribution in [-0.4, -0.2) is 50.0 Å². The van der Waals surface area contributed by atoms with Gasteiger partial charge in [0.05, 0.1) is 18.8 Å². The molecule has 0 aromatic heterocycles. The molecule has 0 bridgehead atoms. The average molecular weight is 345 g/mol. The van der Waals surface area contributed by atoms with Gasteiger partial charge in [0.15, 0.2) is 0 Å². The lowest BCUT2D eigenvalue weighted by Gasteiger charge is -2.43. The predicted octanol–water partition coefficient (Wildman–Crippen LogP) is 3.63. The number of hydrogen-bond acceptors (Lipinski definition) is 4. The first kappa shape index (κ1) is 17.3. The lowest BCUT2D eigenvalue weighted by atomic mass is 9.79. The second kappa shape index (κ2) is 7.26. The summed E-state index contributed by atoms with van der Waals surface area (Å²) in [6, 6.07) is 8.81. The molecule has 4 nitrogen and oxygen atoms in total. The van der Waals surface area contributed by atoms with Gasteiger partial charge < -0.3 is 14.2 Å². The van der Waals surface area contributed by atoms with Crippen molar-refractivity contribution in [1.29, 1.82) is 0 Å². The van der Waals surface area contributed by atoms with E-state index in [1.54, 1.807) is 7.11 Å². The second-order valence-corrected chi connectivity index (χ2v) is 7.99. The highest BCUT2D eigenvalue weighted by Gasteiger charge is 2.51. The first-order chi connectivity index (χ1) is 12.2. The predicted molar refractivity (Wildman–Crippen MR) is 97.9 cm³/mol. The van der Waals surface area contributed by atoms with E-state index in [1.165, 1.54) is 18.4 Å². The van der Waals surface area contributed by atoms with Crippen LogP contribution in [0.5, 0.6) is 5.75 Å². The smallest absolute Gasteiger partial charge is 0.123 e. The molecule has 3 atom stereocenters. The number of likely N-dealkylation sites (tertiary alicyclic amines) is 1. The normalized spacial score (nSPS) is 32.6. The Labute approximate surface area is 151 Å². The third-order valence-corrected chi connectivity index (χ3v) is 6.48. The number of benzene rings is 1. The Kier molecular flexibility index (Phi) is 5.03. The molecular weight excluding hydrogens is 314 g/mol. The molecule has 0 unspecified atom stereocenters. The Morgan fingerprint density at radius 3 is 2.72 bits per heavy atom. The number of fused-ring (bicyclic) bond motifs is 1. The summed E-state index contributed by atoms with van der Waals surface area (Å²) in [5.74, 6) is 1.82. The van der Waals surface area contributed by atoms with Gasteiger partial charge in [-0.2, -0.15) is 0 Å². The number of para-hydroxylation sites is 1. The molecule has 138 valence electrons. The Balaban J connectivity index is 1.46. The minimum atomic E-state index is 0.0153. The quantitative estimate of drug-likeness (QED) is 0.755. The SMILES string of the molecule is COc1ccccc1CN1CC[C@]2(OC)CC[C@H](OCC3CC3)C[C@H]12. The van der Waals surface area contributed by atoms with Crippen molar-refractivity contribution < 1.29 is 14.2 Å². The van der Waals surface area contributed by atoms with Gasteiger partial charge in [0.25, 0.3) is 0 Å². The van der Waals surface area contributed by atoms with E-state index >= 15 is 0 Å². The lowest BCUT2D eigenvalue weighted by Crippen LogP contribution is -2.51. The molecule has 1 heterocycles. The number of rotatable bonds is 7. The van der Waals surface area contributed by atoms with Crippen molar-refractivity contribution in [2.75, 3.05) is 27.4 Å². The zero-order valence-electron chi connectivity index (χ0n) is 15.6. The van der Waals surface area contributed by atoms with Crippen LogP contribution in [0.25, 0.3) is 0 Å². The summed E-state index contributed by atoms with van der Waals surface area (Å²) < 4.78 is 17.9. The fraction of sp³-hybridized carbons (Fsp3) is 0.714. The molecular formula is C21H31NO3. The summed E-state index contributed by atoms with van der Waals surface area (Å²) in [7, 11) is 3.65. The van der Waals surface area contributed by atoms with Crippen molar-refractivity contribution in [2.24, 2.45) is 5.92 Å². The number of methoxy groups -OCH3 is 2. The summed E-state index contributed by atoms with van der Waals surface area (Å²) >= 11 is 0. The van der Waals surface area contributed by atoms with Gasteiger partial charge in [-0.1, -0.05) is 18.2 Å². The standard InChI is InChI=1S/C21H31NO3/c1-23-19-6-4-3-5-17(19)14-22-12-11-21(24-2)10-9-18(13-20(21)22)25-15-16-7-8-16/h3-6,16,18,20H,7-15H2,1-2H3/t18-,20-,21+/m0/s1. The van der Waals surface area contributed by atoms with Crippen molar-refractivity contribution in [3.63, 3.8) is 0 Å². The molecule has 3 aliphatic rings. The van der Waals surface area contributed by atoms with Gasteiger partial charge in [-0.15, -0.1) is 0 Å². The number of hydrogen-bond donors (Lipinski definition) is 0. The molecule has 1 aromatic rings. The van der Waals surface area contributed by atoms with Crippen LogP contribution in [0.1, 0.15) is 44.1 Å². The summed E-state index contributed by atoms with van der Waals surface area (Å²) in [5.41, 5.74) is 1.28. The molecule has 25 heavy (non-hydrogen) atoms. The summed E-state index contributed by atoms with van der Waals surface area (Å²) in [6.45, 7) is 2.98.